The second kappa shape index (κ2) is 8.41. The number of pyridine rings is 2. The van der Waals surface area contributed by atoms with Gasteiger partial charge in [-0.2, -0.15) is 0 Å². The number of nitrogens with zero attached hydrogens (tertiary/aromatic N) is 6. The summed E-state index contributed by atoms with van der Waals surface area (Å²) in [6.45, 7) is 2.48. The van der Waals surface area contributed by atoms with E-state index in [1.54, 1.807) is 46.1 Å². The quantitative estimate of drug-likeness (QED) is 0.412. The van der Waals surface area contributed by atoms with Crippen LogP contribution < -0.4 is 5.69 Å². The fourth-order valence-electron chi connectivity index (χ4n) is 4.53. The third-order valence-electron chi connectivity index (χ3n) is 6.39. The topological polar surface area (TPSA) is 86.7 Å². The lowest BCUT2D eigenvalue weighted by atomic mass is 10.2. The molecule has 0 spiro atoms. The molecule has 0 atom stereocenters. The first kappa shape index (κ1) is 21.1. The van der Waals surface area contributed by atoms with Crippen molar-refractivity contribution >= 4 is 40.3 Å². The van der Waals surface area contributed by atoms with Crippen LogP contribution in [0.15, 0.2) is 47.7 Å². The van der Waals surface area contributed by atoms with E-state index in [0.717, 1.165) is 29.6 Å². The van der Waals surface area contributed by atoms with E-state index in [1.165, 1.54) is 0 Å². The summed E-state index contributed by atoms with van der Waals surface area (Å²) in [7, 11) is 0. The minimum absolute atomic E-state index is 0.0695. The molecule has 10 heteroatoms. The van der Waals surface area contributed by atoms with Crippen LogP contribution >= 0.6 is 11.6 Å². The number of rotatable bonds is 5. The number of fused-ring (bicyclic) bond motifs is 2. The van der Waals surface area contributed by atoms with Crippen LogP contribution in [-0.4, -0.2) is 60.6 Å². The van der Waals surface area contributed by atoms with Gasteiger partial charge >= 0.3 is 5.69 Å². The largest absolute Gasteiger partial charge is 0.378 e. The summed E-state index contributed by atoms with van der Waals surface area (Å²) in [5, 5.41) is 0.565. The van der Waals surface area contributed by atoms with E-state index in [1.807, 2.05) is 21.2 Å². The molecule has 1 saturated heterocycles. The number of carbonyl (C=O) groups excluding carboxylic acids is 1. The first-order valence-corrected chi connectivity index (χ1v) is 11.7. The second-order valence-electron chi connectivity index (χ2n) is 8.62. The van der Waals surface area contributed by atoms with E-state index >= 15 is 0 Å². The lowest BCUT2D eigenvalue weighted by Gasteiger charge is -2.25. The highest BCUT2D eigenvalue weighted by Crippen LogP contribution is 2.36. The Kier molecular flexibility index (Phi) is 5.23. The number of ether oxygens (including phenoxy) is 1. The summed E-state index contributed by atoms with van der Waals surface area (Å²) in [6.07, 6.45) is 10.6. The molecule has 4 aromatic rings. The van der Waals surface area contributed by atoms with Crippen LogP contribution in [0.4, 0.5) is 0 Å². The molecule has 0 N–H and O–H groups in total. The molecular formula is C24H23ClN6O3. The van der Waals surface area contributed by atoms with Gasteiger partial charge in [0.05, 0.1) is 48.4 Å². The van der Waals surface area contributed by atoms with Crippen LogP contribution in [0.3, 0.4) is 0 Å². The molecule has 1 saturated carbocycles. The maximum atomic E-state index is 13.4. The van der Waals surface area contributed by atoms with Crippen molar-refractivity contribution in [1.29, 1.82) is 0 Å². The summed E-state index contributed by atoms with van der Waals surface area (Å²) in [5.74, 6) is -0.0788. The summed E-state index contributed by atoms with van der Waals surface area (Å²) in [5.41, 5.74) is 3.64. The zero-order chi connectivity index (χ0) is 23.2. The Morgan fingerprint density at radius 3 is 2.82 bits per heavy atom. The van der Waals surface area contributed by atoms with Gasteiger partial charge in [-0.05, 0) is 31.1 Å². The predicted octanol–water partition coefficient (Wildman–Crippen LogP) is 2.75. The van der Waals surface area contributed by atoms with Gasteiger partial charge < -0.3 is 9.64 Å². The van der Waals surface area contributed by atoms with Gasteiger partial charge in [-0.3, -0.25) is 23.3 Å². The Morgan fingerprint density at radius 1 is 1.21 bits per heavy atom. The molecule has 1 aliphatic heterocycles. The van der Waals surface area contributed by atoms with Gasteiger partial charge in [0, 0.05) is 48.7 Å². The smallest absolute Gasteiger partial charge is 0.329 e. The highest BCUT2D eigenvalue weighted by molar-refractivity contribution is 6.30. The Labute approximate surface area is 199 Å². The monoisotopic (exact) mass is 478 g/mol. The molecule has 0 unspecified atom stereocenters. The molecule has 2 fully saturated rings. The van der Waals surface area contributed by atoms with E-state index < -0.39 is 0 Å². The molecule has 34 heavy (non-hydrogen) atoms. The van der Waals surface area contributed by atoms with Gasteiger partial charge in [0.25, 0.3) is 0 Å². The van der Waals surface area contributed by atoms with Crippen molar-refractivity contribution in [3.05, 3.63) is 69.8 Å². The average Bonchev–Trinajstić information content (AvgIpc) is 3.58. The first-order chi connectivity index (χ1) is 16.6. The molecule has 0 radical (unpaired) electrons. The van der Waals surface area contributed by atoms with Crippen molar-refractivity contribution in [2.75, 3.05) is 26.3 Å². The van der Waals surface area contributed by atoms with Crippen LogP contribution in [0.2, 0.25) is 5.02 Å². The highest BCUT2D eigenvalue weighted by Gasteiger charge is 2.29. The maximum absolute atomic E-state index is 13.4. The number of aromatic nitrogens is 5. The molecule has 9 nitrogen and oxygen atoms in total. The Hall–Kier alpha value is -3.43. The minimum Gasteiger partial charge on any atom is -0.378 e. The molecule has 6 rings (SSSR count). The maximum Gasteiger partial charge on any atom is 0.329 e. The SMILES string of the molecule is O=C(C=Cc1c(Cn2c(=O)n(C3CC3)c3ccncc32)nc2cc(Cl)ccn12)N1CCOCC1. The van der Waals surface area contributed by atoms with Gasteiger partial charge in [0.2, 0.25) is 5.91 Å². The van der Waals surface area contributed by atoms with Crippen LogP contribution in [0, 0.1) is 0 Å². The van der Waals surface area contributed by atoms with Crippen molar-refractivity contribution < 1.29 is 9.53 Å². The summed E-state index contributed by atoms with van der Waals surface area (Å²) in [6, 6.07) is 5.67. The molecule has 0 aromatic carbocycles. The minimum atomic E-state index is -0.0788. The van der Waals surface area contributed by atoms with Crippen LogP contribution in [0.5, 0.6) is 0 Å². The van der Waals surface area contributed by atoms with Gasteiger partial charge in [0.1, 0.15) is 5.65 Å². The van der Waals surface area contributed by atoms with Crippen molar-refractivity contribution in [2.45, 2.75) is 25.4 Å². The number of hydrogen-bond donors (Lipinski definition) is 0. The second-order valence-corrected chi connectivity index (χ2v) is 9.06. The van der Waals surface area contributed by atoms with E-state index in [-0.39, 0.29) is 24.2 Å². The third-order valence-corrected chi connectivity index (χ3v) is 6.63. The van der Waals surface area contributed by atoms with Gasteiger partial charge in [-0.25, -0.2) is 9.78 Å². The fourth-order valence-corrected chi connectivity index (χ4v) is 4.69. The van der Waals surface area contributed by atoms with Crippen LogP contribution in [0.1, 0.15) is 30.3 Å². The van der Waals surface area contributed by atoms with Crippen molar-refractivity contribution in [1.82, 2.24) is 28.4 Å². The van der Waals surface area contributed by atoms with Crippen LogP contribution in [0.25, 0.3) is 22.8 Å². The van der Waals surface area contributed by atoms with E-state index in [4.69, 9.17) is 21.3 Å². The van der Waals surface area contributed by atoms with E-state index in [2.05, 4.69) is 4.98 Å². The van der Waals surface area contributed by atoms with E-state index in [9.17, 15) is 9.59 Å². The molecule has 0 bridgehead atoms. The molecule has 174 valence electrons. The van der Waals surface area contributed by atoms with Gasteiger partial charge in [0.15, 0.2) is 0 Å². The average molecular weight is 479 g/mol. The van der Waals surface area contributed by atoms with Crippen molar-refractivity contribution in [3.63, 3.8) is 0 Å². The number of carbonyl (C=O) groups is 1. The number of imidazole rings is 2. The Balaban J connectivity index is 1.43. The summed E-state index contributed by atoms with van der Waals surface area (Å²) >= 11 is 6.21. The molecular weight excluding hydrogens is 456 g/mol. The van der Waals surface area contributed by atoms with Gasteiger partial charge in [-0.15, -0.1) is 0 Å². The third kappa shape index (κ3) is 3.70. The normalized spacial score (nSPS) is 16.8. The molecule has 1 aliphatic carbocycles. The molecule has 2 aliphatic rings. The zero-order valence-corrected chi connectivity index (χ0v) is 19.2. The zero-order valence-electron chi connectivity index (χ0n) is 18.4. The number of morpholine rings is 1. The van der Waals surface area contributed by atoms with Gasteiger partial charge in [-0.1, -0.05) is 11.6 Å². The molecule has 4 aromatic heterocycles. The number of amides is 1. The first-order valence-electron chi connectivity index (χ1n) is 11.4. The number of halogens is 1. The highest BCUT2D eigenvalue weighted by atomic mass is 35.5. The Bertz CT molecular complexity index is 1490. The van der Waals surface area contributed by atoms with E-state index in [0.29, 0.717) is 42.7 Å². The predicted molar refractivity (Wildman–Crippen MR) is 128 cm³/mol. The molecule has 1 amide bonds. The van der Waals surface area contributed by atoms with Crippen LogP contribution in [-0.2, 0) is 16.1 Å². The standard InChI is InChI=1S/C24H23ClN6O3/c25-16-6-8-29-19(3-4-23(32)28-9-11-34-12-10-28)18(27-22(29)13-16)15-30-21-14-26-7-5-20(21)31(24(30)33)17-1-2-17/h3-8,13-14,17H,1-2,9-12,15H2. The lowest BCUT2D eigenvalue weighted by Crippen LogP contribution is -2.39. The lowest BCUT2D eigenvalue weighted by molar-refractivity contribution is -0.129. The molecule has 5 heterocycles. The fraction of sp³-hybridized carbons (Fsp3) is 0.333. The summed E-state index contributed by atoms with van der Waals surface area (Å²) in [4.78, 5) is 36.9. The number of hydrogen-bond acceptors (Lipinski definition) is 5. The Morgan fingerprint density at radius 2 is 2.03 bits per heavy atom. The van der Waals surface area contributed by atoms with Crippen molar-refractivity contribution in [3.8, 4) is 0 Å². The summed E-state index contributed by atoms with van der Waals surface area (Å²) < 4.78 is 10.8. The van der Waals surface area contributed by atoms with Crippen molar-refractivity contribution in [2.24, 2.45) is 0 Å².